The van der Waals surface area contributed by atoms with Gasteiger partial charge in [-0.3, -0.25) is 4.90 Å². The number of aromatic nitrogens is 2. The van der Waals surface area contributed by atoms with E-state index >= 15 is 0 Å². The zero-order valence-corrected chi connectivity index (χ0v) is 10.7. The third-order valence-corrected chi connectivity index (χ3v) is 4.00. The fraction of sp³-hybridized carbons (Fsp3) is 0.846. The number of nitrogens with zero attached hydrogens (tertiary/aromatic N) is 3. The quantitative estimate of drug-likeness (QED) is 0.852. The standard InChI is InChI=1S/C13H21N3O2/c17-9-11-3-5-16(6-4-11)8-13-14-12(15-18-13)7-10-1-2-10/h10-11,17H,1-9H2. The van der Waals surface area contributed by atoms with Gasteiger partial charge in [0.1, 0.15) is 0 Å². The highest BCUT2D eigenvalue weighted by molar-refractivity contribution is 4.92. The average Bonchev–Trinajstić information content (AvgIpc) is 3.10. The van der Waals surface area contributed by atoms with E-state index in [1.807, 2.05) is 0 Å². The van der Waals surface area contributed by atoms with E-state index in [0.29, 0.717) is 12.5 Å². The van der Waals surface area contributed by atoms with Gasteiger partial charge in [-0.05, 0) is 50.6 Å². The molecule has 5 nitrogen and oxygen atoms in total. The summed E-state index contributed by atoms with van der Waals surface area (Å²) >= 11 is 0. The molecule has 3 rings (SSSR count). The van der Waals surface area contributed by atoms with Gasteiger partial charge in [0.2, 0.25) is 5.89 Å². The van der Waals surface area contributed by atoms with Crippen LogP contribution in [0.2, 0.25) is 0 Å². The zero-order chi connectivity index (χ0) is 12.4. The Labute approximate surface area is 107 Å². The van der Waals surface area contributed by atoms with E-state index in [4.69, 9.17) is 9.63 Å². The molecule has 1 aliphatic carbocycles. The maximum Gasteiger partial charge on any atom is 0.240 e. The molecule has 1 aromatic heterocycles. The fourth-order valence-electron chi connectivity index (χ4n) is 2.54. The molecular formula is C13H21N3O2. The molecule has 1 aromatic rings. The van der Waals surface area contributed by atoms with Crippen molar-refractivity contribution in [3.05, 3.63) is 11.7 Å². The molecule has 2 heterocycles. The van der Waals surface area contributed by atoms with Crippen molar-refractivity contribution in [3.63, 3.8) is 0 Å². The van der Waals surface area contributed by atoms with Crippen molar-refractivity contribution >= 4 is 0 Å². The van der Waals surface area contributed by atoms with E-state index in [0.717, 1.165) is 56.5 Å². The molecule has 0 amide bonds. The van der Waals surface area contributed by atoms with Crippen LogP contribution in [0.3, 0.4) is 0 Å². The van der Waals surface area contributed by atoms with Gasteiger partial charge >= 0.3 is 0 Å². The first kappa shape index (κ1) is 12.1. The minimum atomic E-state index is 0.319. The molecule has 1 saturated heterocycles. The first-order valence-corrected chi connectivity index (χ1v) is 6.98. The van der Waals surface area contributed by atoms with Crippen LogP contribution in [-0.4, -0.2) is 39.8 Å². The maximum absolute atomic E-state index is 9.10. The first-order valence-electron chi connectivity index (χ1n) is 6.98. The van der Waals surface area contributed by atoms with E-state index in [2.05, 4.69) is 15.0 Å². The van der Waals surface area contributed by atoms with Crippen molar-refractivity contribution in [2.45, 2.75) is 38.6 Å². The third kappa shape index (κ3) is 3.09. The summed E-state index contributed by atoms with van der Waals surface area (Å²) in [6.07, 6.45) is 5.76. The molecule has 2 aliphatic rings. The fourth-order valence-corrected chi connectivity index (χ4v) is 2.54. The average molecular weight is 251 g/mol. The lowest BCUT2D eigenvalue weighted by atomic mass is 9.98. The Balaban J connectivity index is 1.48. The van der Waals surface area contributed by atoms with Gasteiger partial charge in [0.25, 0.3) is 0 Å². The topological polar surface area (TPSA) is 62.4 Å². The third-order valence-electron chi connectivity index (χ3n) is 4.00. The molecule has 100 valence electrons. The second-order valence-electron chi connectivity index (χ2n) is 5.65. The molecule has 2 fully saturated rings. The van der Waals surface area contributed by atoms with Crippen molar-refractivity contribution in [3.8, 4) is 0 Å². The van der Waals surface area contributed by atoms with Crippen LogP contribution >= 0.6 is 0 Å². The number of aliphatic hydroxyl groups is 1. The van der Waals surface area contributed by atoms with Gasteiger partial charge in [-0.25, -0.2) is 0 Å². The van der Waals surface area contributed by atoms with Crippen LogP contribution in [0.15, 0.2) is 4.52 Å². The molecule has 1 N–H and O–H groups in total. The van der Waals surface area contributed by atoms with E-state index < -0.39 is 0 Å². The Morgan fingerprint density at radius 2 is 1.94 bits per heavy atom. The summed E-state index contributed by atoms with van der Waals surface area (Å²) in [6.45, 7) is 3.12. The minimum Gasteiger partial charge on any atom is -0.396 e. The molecule has 0 bridgehead atoms. The van der Waals surface area contributed by atoms with Crippen molar-refractivity contribution in [2.24, 2.45) is 11.8 Å². The monoisotopic (exact) mass is 251 g/mol. The molecule has 0 spiro atoms. The molecule has 1 saturated carbocycles. The summed E-state index contributed by atoms with van der Waals surface area (Å²) in [5, 5.41) is 13.1. The van der Waals surface area contributed by atoms with Crippen molar-refractivity contribution in [1.82, 2.24) is 15.0 Å². The smallest absolute Gasteiger partial charge is 0.240 e. The second kappa shape index (κ2) is 5.36. The van der Waals surface area contributed by atoms with Crippen LogP contribution in [0.5, 0.6) is 0 Å². The molecule has 1 aliphatic heterocycles. The number of hydrogen-bond donors (Lipinski definition) is 1. The number of likely N-dealkylation sites (tertiary alicyclic amines) is 1. The molecule has 0 aromatic carbocycles. The Morgan fingerprint density at radius 1 is 1.17 bits per heavy atom. The van der Waals surface area contributed by atoms with E-state index in [9.17, 15) is 0 Å². The SMILES string of the molecule is OCC1CCN(Cc2nc(CC3CC3)no2)CC1. The summed E-state index contributed by atoms with van der Waals surface area (Å²) in [7, 11) is 0. The first-order chi connectivity index (χ1) is 8.83. The van der Waals surface area contributed by atoms with Crippen molar-refractivity contribution in [1.29, 1.82) is 0 Å². The highest BCUT2D eigenvalue weighted by Crippen LogP contribution is 2.31. The molecule has 5 heteroatoms. The van der Waals surface area contributed by atoms with Crippen molar-refractivity contribution in [2.75, 3.05) is 19.7 Å². The molecular weight excluding hydrogens is 230 g/mol. The van der Waals surface area contributed by atoms with Gasteiger partial charge in [0, 0.05) is 13.0 Å². The largest absolute Gasteiger partial charge is 0.396 e. The summed E-state index contributed by atoms with van der Waals surface area (Å²) < 4.78 is 5.30. The second-order valence-corrected chi connectivity index (χ2v) is 5.65. The van der Waals surface area contributed by atoms with Crippen LogP contribution in [0.4, 0.5) is 0 Å². The maximum atomic E-state index is 9.10. The van der Waals surface area contributed by atoms with Gasteiger partial charge in [0.05, 0.1) is 6.54 Å². The number of piperidine rings is 1. The molecule has 18 heavy (non-hydrogen) atoms. The van der Waals surface area contributed by atoms with Crippen molar-refractivity contribution < 1.29 is 9.63 Å². The summed E-state index contributed by atoms with van der Waals surface area (Å²) in [5.74, 6) is 2.90. The number of hydrogen-bond acceptors (Lipinski definition) is 5. The normalized spacial score (nSPS) is 22.5. The lowest BCUT2D eigenvalue weighted by Crippen LogP contribution is -2.34. The van der Waals surface area contributed by atoms with Crippen LogP contribution in [0, 0.1) is 11.8 Å². The van der Waals surface area contributed by atoms with Gasteiger partial charge in [-0.1, -0.05) is 5.16 Å². The molecule has 0 radical (unpaired) electrons. The van der Waals surface area contributed by atoms with Crippen LogP contribution in [0.25, 0.3) is 0 Å². The summed E-state index contributed by atoms with van der Waals surface area (Å²) in [4.78, 5) is 6.79. The van der Waals surface area contributed by atoms with Gasteiger partial charge in [-0.15, -0.1) is 0 Å². The summed E-state index contributed by atoms with van der Waals surface area (Å²) in [5.41, 5.74) is 0. The Bertz CT molecular complexity index is 381. The van der Waals surface area contributed by atoms with Crippen LogP contribution in [-0.2, 0) is 13.0 Å². The predicted molar refractivity (Wildman–Crippen MR) is 65.8 cm³/mol. The van der Waals surface area contributed by atoms with Crippen LogP contribution in [0.1, 0.15) is 37.4 Å². The van der Waals surface area contributed by atoms with E-state index in [1.165, 1.54) is 12.8 Å². The lowest BCUT2D eigenvalue weighted by Gasteiger charge is -2.29. The van der Waals surface area contributed by atoms with Gasteiger partial charge in [0.15, 0.2) is 5.82 Å². The molecule has 0 unspecified atom stereocenters. The summed E-state index contributed by atoms with van der Waals surface area (Å²) in [6, 6.07) is 0. The lowest BCUT2D eigenvalue weighted by molar-refractivity contribution is 0.119. The zero-order valence-electron chi connectivity index (χ0n) is 10.7. The van der Waals surface area contributed by atoms with Gasteiger partial charge in [-0.2, -0.15) is 4.98 Å². The Morgan fingerprint density at radius 3 is 2.61 bits per heavy atom. The Kier molecular flexibility index (Phi) is 3.61. The Hall–Kier alpha value is -0.940. The van der Waals surface area contributed by atoms with E-state index in [-0.39, 0.29) is 0 Å². The predicted octanol–water partition coefficient (Wildman–Crippen LogP) is 1.23. The number of rotatable bonds is 5. The highest BCUT2D eigenvalue weighted by atomic mass is 16.5. The van der Waals surface area contributed by atoms with E-state index in [1.54, 1.807) is 0 Å². The molecule has 0 atom stereocenters. The minimum absolute atomic E-state index is 0.319. The van der Waals surface area contributed by atoms with Gasteiger partial charge < -0.3 is 9.63 Å². The highest BCUT2D eigenvalue weighted by Gasteiger charge is 2.25. The van der Waals surface area contributed by atoms with Crippen LogP contribution < -0.4 is 0 Å². The number of aliphatic hydroxyl groups excluding tert-OH is 1.